The second kappa shape index (κ2) is 10.4. The summed E-state index contributed by atoms with van der Waals surface area (Å²) in [5.74, 6) is 6.11. The van der Waals surface area contributed by atoms with Gasteiger partial charge in [-0.15, -0.1) is 0 Å². The summed E-state index contributed by atoms with van der Waals surface area (Å²) in [5, 5.41) is -0.795. The summed E-state index contributed by atoms with van der Waals surface area (Å²) in [6.07, 6.45) is 1.73. The molecular weight excluding hydrogens is 436 g/mol. The number of benzene rings is 1. The summed E-state index contributed by atoms with van der Waals surface area (Å²) >= 11 is 5.79. The molecular formula is C17H23ClN6O5S. The molecule has 2 atom stereocenters. The Morgan fingerprint density at radius 2 is 1.73 bits per heavy atom. The molecule has 0 radical (unpaired) electrons. The van der Waals surface area contributed by atoms with E-state index >= 15 is 0 Å². The van der Waals surface area contributed by atoms with Crippen LogP contribution in [-0.2, 0) is 14.8 Å². The van der Waals surface area contributed by atoms with E-state index in [1.165, 1.54) is 40.6 Å². The summed E-state index contributed by atoms with van der Waals surface area (Å²) in [4.78, 5) is 12.3. The number of guanidine groups is 1. The van der Waals surface area contributed by atoms with Crippen LogP contribution in [0.1, 0.15) is 18.9 Å². The van der Waals surface area contributed by atoms with Crippen molar-refractivity contribution in [3.63, 3.8) is 0 Å². The first-order valence-electron chi connectivity index (χ1n) is 8.55. The first-order valence-corrected chi connectivity index (χ1v) is 10.5. The maximum atomic E-state index is 12.9. The van der Waals surface area contributed by atoms with E-state index in [4.69, 9.17) is 31.7 Å². The normalized spacial score (nSPS) is 14.0. The molecule has 0 unspecified atom stereocenters. The number of hydrazine groups is 1. The van der Waals surface area contributed by atoms with Crippen LogP contribution in [0.15, 0.2) is 35.6 Å². The van der Waals surface area contributed by atoms with Gasteiger partial charge in [0.1, 0.15) is 22.9 Å². The maximum Gasteiger partial charge on any atom is 0.240 e. The fraction of sp³-hybridized carbons (Fsp3) is 0.353. The molecule has 2 rings (SSSR count). The van der Waals surface area contributed by atoms with Crippen LogP contribution in [0.25, 0.3) is 0 Å². The molecule has 0 aliphatic rings. The fourth-order valence-electron chi connectivity index (χ4n) is 2.50. The molecule has 0 aliphatic heterocycles. The van der Waals surface area contributed by atoms with Crippen LogP contribution < -0.4 is 25.5 Å². The van der Waals surface area contributed by atoms with Crippen molar-refractivity contribution in [1.82, 2.24) is 20.1 Å². The number of hydrogen-bond donors (Lipinski definition) is 3. The van der Waals surface area contributed by atoms with E-state index in [0.717, 1.165) is 0 Å². The monoisotopic (exact) mass is 458 g/mol. The minimum absolute atomic E-state index is 0.158. The molecule has 1 aromatic heterocycles. The predicted octanol–water partition coefficient (Wildman–Crippen LogP) is 1.29. The van der Waals surface area contributed by atoms with Gasteiger partial charge in [-0.25, -0.2) is 29.2 Å². The third kappa shape index (κ3) is 5.48. The number of aliphatic imine (C=N–C) groups is 1. The largest absolute Gasteiger partial charge is 0.494 e. The number of para-hydroxylation sites is 1. The van der Waals surface area contributed by atoms with Crippen LogP contribution in [0.5, 0.6) is 11.5 Å². The molecule has 4 N–H and O–H groups in total. The van der Waals surface area contributed by atoms with Crippen molar-refractivity contribution >= 4 is 33.3 Å². The molecule has 2 aromatic rings. The second-order valence-corrected chi connectivity index (χ2v) is 8.36. The van der Waals surface area contributed by atoms with Gasteiger partial charge in [-0.2, -0.15) is 0 Å². The molecule has 30 heavy (non-hydrogen) atoms. The van der Waals surface area contributed by atoms with Crippen molar-refractivity contribution in [2.45, 2.75) is 18.3 Å². The lowest BCUT2D eigenvalue weighted by Gasteiger charge is -2.22. The first kappa shape index (κ1) is 23.6. The summed E-state index contributed by atoms with van der Waals surface area (Å²) in [6.45, 7) is 1.44. The number of nitrogens with two attached hydrogens (primary N) is 1. The Kier molecular flexibility index (Phi) is 8.17. The van der Waals surface area contributed by atoms with Gasteiger partial charge in [-0.3, -0.25) is 10.1 Å². The van der Waals surface area contributed by atoms with Gasteiger partial charge in [0.2, 0.25) is 16.0 Å². The van der Waals surface area contributed by atoms with Crippen molar-refractivity contribution in [2.24, 2.45) is 10.8 Å². The quantitative estimate of drug-likeness (QED) is 0.230. The lowest BCUT2D eigenvalue weighted by atomic mass is 10.2. The third-order valence-electron chi connectivity index (χ3n) is 4.07. The van der Waals surface area contributed by atoms with Gasteiger partial charge >= 0.3 is 0 Å². The van der Waals surface area contributed by atoms with Crippen molar-refractivity contribution in [3.8, 4) is 11.5 Å². The van der Waals surface area contributed by atoms with Crippen LogP contribution in [0.2, 0.25) is 5.02 Å². The molecule has 0 amide bonds. The molecule has 11 nitrogen and oxygen atoms in total. The van der Waals surface area contributed by atoms with E-state index in [2.05, 4.69) is 25.1 Å². The van der Waals surface area contributed by atoms with E-state index < -0.39 is 21.4 Å². The standard InChI is InChI=1S/C17H23ClN6O5S/c1-10(15(29-4)16-20-8-11(18)9-21-16)30(25,26)24-17(23-19)22-14-12(27-2)6-5-7-13(14)28-3/h5-10,15H,19H2,1-4H3,(H2,22,23,24)/t10-,15-/m0/s1. The molecule has 0 spiro atoms. The van der Waals surface area contributed by atoms with Gasteiger partial charge in [0.15, 0.2) is 11.5 Å². The second-order valence-electron chi connectivity index (χ2n) is 5.88. The maximum absolute atomic E-state index is 12.9. The van der Waals surface area contributed by atoms with Gasteiger partial charge in [-0.05, 0) is 19.1 Å². The van der Waals surface area contributed by atoms with E-state index in [-0.39, 0.29) is 17.5 Å². The number of ether oxygens (including phenoxy) is 3. The van der Waals surface area contributed by atoms with Gasteiger partial charge in [0.05, 0.1) is 19.2 Å². The van der Waals surface area contributed by atoms with Crippen LogP contribution in [-0.4, -0.2) is 50.9 Å². The van der Waals surface area contributed by atoms with Gasteiger partial charge < -0.3 is 14.2 Å². The van der Waals surface area contributed by atoms with Gasteiger partial charge in [0.25, 0.3) is 0 Å². The van der Waals surface area contributed by atoms with Crippen molar-refractivity contribution < 1.29 is 22.6 Å². The van der Waals surface area contributed by atoms with Gasteiger partial charge in [0, 0.05) is 19.5 Å². The highest BCUT2D eigenvalue weighted by Gasteiger charge is 2.33. The average molecular weight is 459 g/mol. The third-order valence-corrected chi connectivity index (χ3v) is 5.96. The molecule has 1 heterocycles. The van der Waals surface area contributed by atoms with E-state index in [1.807, 2.05) is 0 Å². The van der Waals surface area contributed by atoms with E-state index in [1.54, 1.807) is 18.2 Å². The number of nitrogens with one attached hydrogen (secondary N) is 2. The van der Waals surface area contributed by atoms with Crippen LogP contribution >= 0.6 is 11.6 Å². The van der Waals surface area contributed by atoms with Crippen molar-refractivity contribution in [2.75, 3.05) is 21.3 Å². The van der Waals surface area contributed by atoms with Crippen molar-refractivity contribution in [1.29, 1.82) is 0 Å². The van der Waals surface area contributed by atoms with Crippen molar-refractivity contribution in [3.05, 3.63) is 41.4 Å². The van der Waals surface area contributed by atoms with E-state index in [9.17, 15) is 8.42 Å². The number of halogens is 1. The van der Waals surface area contributed by atoms with Crippen LogP contribution in [0, 0.1) is 0 Å². The summed E-state index contributed by atoms with van der Waals surface area (Å²) in [5.41, 5.74) is 2.47. The smallest absolute Gasteiger partial charge is 0.240 e. The molecule has 0 aliphatic carbocycles. The number of aromatic nitrogens is 2. The number of nitrogens with zero attached hydrogens (tertiary/aromatic N) is 3. The predicted molar refractivity (Wildman–Crippen MR) is 112 cm³/mol. The Labute approximate surface area is 179 Å². The highest BCUT2D eigenvalue weighted by Crippen LogP contribution is 2.36. The average Bonchev–Trinajstić information content (AvgIpc) is 2.74. The number of methoxy groups -OCH3 is 3. The number of hydrogen-bond acceptors (Lipinski definition) is 9. The Morgan fingerprint density at radius 1 is 1.17 bits per heavy atom. The lowest BCUT2D eigenvalue weighted by molar-refractivity contribution is 0.0947. The highest BCUT2D eigenvalue weighted by atomic mass is 35.5. The molecule has 1 aromatic carbocycles. The molecule has 164 valence electrons. The lowest BCUT2D eigenvalue weighted by Crippen LogP contribution is -2.48. The topological polar surface area (TPSA) is 150 Å². The molecule has 0 bridgehead atoms. The highest BCUT2D eigenvalue weighted by molar-refractivity contribution is 7.90. The minimum atomic E-state index is -4.04. The van der Waals surface area contributed by atoms with Crippen LogP contribution in [0.3, 0.4) is 0 Å². The Bertz CT molecular complexity index is 964. The summed E-state index contributed by atoms with van der Waals surface area (Å²) in [6, 6.07) is 4.99. The SMILES string of the molecule is COc1cccc(OC)c1/N=C(/NN)NS(=O)(=O)[C@@H](C)[C@H](OC)c1ncc(Cl)cn1. The molecule has 0 fully saturated rings. The number of sulfonamides is 1. The Morgan fingerprint density at radius 3 is 2.20 bits per heavy atom. The zero-order valence-corrected chi connectivity index (χ0v) is 18.4. The first-order chi connectivity index (χ1) is 14.3. The fourth-order valence-corrected chi connectivity index (χ4v) is 3.72. The zero-order chi connectivity index (χ0) is 22.3. The van der Waals surface area contributed by atoms with Crippen LogP contribution in [0.4, 0.5) is 5.69 Å². The number of rotatable bonds is 8. The molecule has 0 saturated carbocycles. The van der Waals surface area contributed by atoms with E-state index in [0.29, 0.717) is 16.5 Å². The summed E-state index contributed by atoms with van der Waals surface area (Å²) in [7, 11) is 0.207. The van der Waals surface area contributed by atoms with Gasteiger partial charge in [-0.1, -0.05) is 17.7 Å². The molecule has 13 heteroatoms. The zero-order valence-electron chi connectivity index (χ0n) is 16.8. The minimum Gasteiger partial charge on any atom is -0.494 e. The Hall–Kier alpha value is -2.67. The Balaban J connectivity index is 2.35. The summed E-state index contributed by atoms with van der Waals surface area (Å²) < 4.78 is 44.0. The molecule has 0 saturated heterocycles.